The van der Waals surface area contributed by atoms with Gasteiger partial charge in [-0.3, -0.25) is 0 Å². The molecule has 0 saturated heterocycles. The number of nitrogens with one attached hydrogen (secondary N) is 1. The number of nitrogens with zero attached hydrogens (tertiary/aromatic N) is 2. The third-order valence-electron chi connectivity index (χ3n) is 4.65. The fraction of sp³-hybridized carbons (Fsp3) is 0.857. The van der Waals surface area contributed by atoms with Crippen molar-refractivity contribution in [2.75, 3.05) is 13.6 Å². The fourth-order valence-electron chi connectivity index (χ4n) is 3.74. The zero-order chi connectivity index (χ0) is 12.4. The van der Waals surface area contributed by atoms with Gasteiger partial charge in [0.1, 0.15) is 0 Å². The average molecular weight is 249 g/mol. The molecule has 3 unspecified atom stereocenters. The highest BCUT2D eigenvalue weighted by atomic mass is 16.4. The molecule has 0 spiro atoms. The van der Waals surface area contributed by atoms with Crippen LogP contribution in [0.1, 0.15) is 43.9 Å². The Hall–Kier alpha value is -0.900. The molecule has 100 valence electrons. The Morgan fingerprint density at radius 1 is 1.22 bits per heavy atom. The molecule has 2 bridgehead atoms. The Balaban J connectivity index is 1.51. The molecule has 1 aromatic heterocycles. The Bertz CT molecular complexity index is 390. The zero-order valence-electron chi connectivity index (χ0n) is 11.2. The van der Waals surface area contributed by atoms with E-state index >= 15 is 0 Å². The van der Waals surface area contributed by atoms with E-state index < -0.39 is 0 Å². The first kappa shape index (κ1) is 12.2. The molecule has 2 fully saturated rings. The molecular formula is C14H23N3O. The van der Waals surface area contributed by atoms with Crippen molar-refractivity contribution < 1.29 is 4.42 Å². The number of fused-ring (bicyclic) bond motifs is 2. The van der Waals surface area contributed by atoms with Crippen LogP contribution in [0.3, 0.4) is 0 Å². The SMILES string of the molecule is CNCCCc1nnc(CC2CC3CCC2C3)o1. The monoisotopic (exact) mass is 249 g/mol. The first-order valence-corrected chi connectivity index (χ1v) is 7.31. The summed E-state index contributed by atoms with van der Waals surface area (Å²) in [5, 5.41) is 11.5. The number of hydrogen-bond acceptors (Lipinski definition) is 4. The second-order valence-electron chi connectivity index (χ2n) is 5.94. The maximum atomic E-state index is 5.75. The van der Waals surface area contributed by atoms with Crippen LogP contribution in [0, 0.1) is 17.8 Å². The van der Waals surface area contributed by atoms with Gasteiger partial charge in [0, 0.05) is 12.8 Å². The van der Waals surface area contributed by atoms with E-state index in [0.717, 1.165) is 55.3 Å². The maximum absolute atomic E-state index is 5.75. The molecule has 18 heavy (non-hydrogen) atoms. The third kappa shape index (κ3) is 2.58. The second-order valence-corrected chi connectivity index (χ2v) is 5.94. The lowest BCUT2D eigenvalue weighted by Crippen LogP contribution is -2.13. The molecule has 4 heteroatoms. The molecule has 2 aliphatic carbocycles. The van der Waals surface area contributed by atoms with Gasteiger partial charge in [0.15, 0.2) is 0 Å². The summed E-state index contributed by atoms with van der Waals surface area (Å²) in [6.07, 6.45) is 8.70. The molecule has 1 heterocycles. The van der Waals surface area contributed by atoms with Gasteiger partial charge in [0.25, 0.3) is 0 Å². The quantitative estimate of drug-likeness (QED) is 0.785. The molecule has 1 aromatic rings. The van der Waals surface area contributed by atoms with Gasteiger partial charge in [-0.2, -0.15) is 0 Å². The van der Waals surface area contributed by atoms with E-state index in [9.17, 15) is 0 Å². The van der Waals surface area contributed by atoms with Crippen LogP contribution < -0.4 is 5.32 Å². The summed E-state index contributed by atoms with van der Waals surface area (Å²) in [7, 11) is 1.97. The molecule has 3 rings (SSSR count). The van der Waals surface area contributed by atoms with Gasteiger partial charge in [0.2, 0.25) is 11.8 Å². The topological polar surface area (TPSA) is 51.0 Å². The van der Waals surface area contributed by atoms with Crippen LogP contribution in [0.2, 0.25) is 0 Å². The van der Waals surface area contributed by atoms with Gasteiger partial charge in [-0.15, -0.1) is 10.2 Å². The predicted molar refractivity (Wildman–Crippen MR) is 69.2 cm³/mol. The van der Waals surface area contributed by atoms with Gasteiger partial charge >= 0.3 is 0 Å². The van der Waals surface area contributed by atoms with Gasteiger partial charge in [-0.05, 0) is 57.0 Å². The second kappa shape index (κ2) is 5.39. The van der Waals surface area contributed by atoms with Gasteiger partial charge in [-0.1, -0.05) is 6.42 Å². The normalized spacial score (nSPS) is 30.2. The smallest absolute Gasteiger partial charge is 0.216 e. The number of hydrogen-bond donors (Lipinski definition) is 1. The van der Waals surface area contributed by atoms with E-state index in [0.29, 0.717) is 0 Å². The summed E-state index contributed by atoms with van der Waals surface area (Å²) >= 11 is 0. The van der Waals surface area contributed by atoms with Crippen LogP contribution in [-0.4, -0.2) is 23.8 Å². The van der Waals surface area contributed by atoms with Crippen LogP contribution in [-0.2, 0) is 12.8 Å². The Morgan fingerprint density at radius 2 is 2.11 bits per heavy atom. The first-order chi connectivity index (χ1) is 8.85. The zero-order valence-corrected chi connectivity index (χ0v) is 11.2. The maximum Gasteiger partial charge on any atom is 0.216 e. The van der Waals surface area contributed by atoms with Crippen molar-refractivity contribution in [3.63, 3.8) is 0 Å². The van der Waals surface area contributed by atoms with E-state index in [-0.39, 0.29) is 0 Å². The summed E-state index contributed by atoms with van der Waals surface area (Å²) in [4.78, 5) is 0. The van der Waals surface area contributed by atoms with Crippen LogP contribution >= 0.6 is 0 Å². The lowest BCUT2D eigenvalue weighted by Gasteiger charge is -2.19. The van der Waals surface area contributed by atoms with E-state index in [1.54, 1.807) is 0 Å². The largest absolute Gasteiger partial charge is 0.425 e. The van der Waals surface area contributed by atoms with Gasteiger partial charge < -0.3 is 9.73 Å². The van der Waals surface area contributed by atoms with Crippen molar-refractivity contribution in [2.45, 2.75) is 44.9 Å². The van der Waals surface area contributed by atoms with Gasteiger partial charge in [0.05, 0.1) is 0 Å². The molecular weight excluding hydrogens is 226 g/mol. The molecule has 0 aromatic carbocycles. The van der Waals surface area contributed by atoms with Crippen molar-refractivity contribution in [1.82, 2.24) is 15.5 Å². The number of aromatic nitrogens is 2. The standard InChI is InChI=1S/C14H23N3O/c1-15-6-2-3-13-16-17-14(18-13)9-12-8-10-4-5-11(12)7-10/h10-12,15H,2-9H2,1H3. The highest BCUT2D eigenvalue weighted by Gasteiger charge is 2.39. The number of rotatable bonds is 6. The third-order valence-corrected chi connectivity index (χ3v) is 4.65. The van der Waals surface area contributed by atoms with E-state index in [1.165, 1.54) is 25.7 Å². The molecule has 4 nitrogen and oxygen atoms in total. The van der Waals surface area contributed by atoms with E-state index in [2.05, 4.69) is 15.5 Å². The first-order valence-electron chi connectivity index (χ1n) is 7.31. The van der Waals surface area contributed by atoms with E-state index in [4.69, 9.17) is 4.42 Å². The van der Waals surface area contributed by atoms with Crippen molar-refractivity contribution >= 4 is 0 Å². The molecule has 2 aliphatic rings. The molecule has 2 saturated carbocycles. The van der Waals surface area contributed by atoms with Crippen LogP contribution in [0.5, 0.6) is 0 Å². The van der Waals surface area contributed by atoms with Crippen molar-refractivity contribution in [1.29, 1.82) is 0 Å². The lowest BCUT2D eigenvalue weighted by molar-refractivity contribution is 0.303. The minimum absolute atomic E-state index is 0.809. The summed E-state index contributed by atoms with van der Waals surface area (Å²) in [6, 6.07) is 0. The number of aryl methyl sites for hydroxylation is 1. The molecule has 0 aliphatic heterocycles. The highest BCUT2D eigenvalue weighted by Crippen LogP contribution is 2.49. The van der Waals surface area contributed by atoms with Crippen LogP contribution in [0.25, 0.3) is 0 Å². The van der Waals surface area contributed by atoms with E-state index in [1.807, 2.05) is 7.05 Å². The van der Waals surface area contributed by atoms with Crippen molar-refractivity contribution in [2.24, 2.45) is 17.8 Å². The Labute approximate surface area is 109 Å². The Morgan fingerprint density at radius 3 is 2.83 bits per heavy atom. The fourth-order valence-corrected chi connectivity index (χ4v) is 3.74. The Kier molecular flexibility index (Phi) is 3.64. The van der Waals surface area contributed by atoms with Crippen LogP contribution in [0.15, 0.2) is 4.42 Å². The van der Waals surface area contributed by atoms with Crippen molar-refractivity contribution in [3.05, 3.63) is 11.8 Å². The summed E-state index contributed by atoms with van der Waals surface area (Å²) in [5.74, 6) is 4.43. The molecule has 0 radical (unpaired) electrons. The molecule has 0 amide bonds. The lowest BCUT2D eigenvalue weighted by atomic mass is 9.86. The highest BCUT2D eigenvalue weighted by molar-refractivity contribution is 4.94. The molecule has 1 N–H and O–H groups in total. The minimum atomic E-state index is 0.809. The van der Waals surface area contributed by atoms with Crippen LogP contribution in [0.4, 0.5) is 0 Å². The van der Waals surface area contributed by atoms with Gasteiger partial charge in [-0.25, -0.2) is 0 Å². The summed E-state index contributed by atoms with van der Waals surface area (Å²) < 4.78 is 5.75. The predicted octanol–water partition coefficient (Wildman–Crippen LogP) is 2.20. The summed E-state index contributed by atoms with van der Waals surface area (Å²) in [6.45, 7) is 1.00. The minimum Gasteiger partial charge on any atom is -0.425 e. The van der Waals surface area contributed by atoms with Crippen molar-refractivity contribution in [3.8, 4) is 0 Å². The average Bonchev–Trinajstić information content (AvgIpc) is 3.06. The molecule has 3 atom stereocenters. The summed E-state index contributed by atoms with van der Waals surface area (Å²) in [5.41, 5.74) is 0.